The van der Waals surface area contributed by atoms with Gasteiger partial charge in [0.2, 0.25) is 5.91 Å². The minimum absolute atomic E-state index is 0.0464. The summed E-state index contributed by atoms with van der Waals surface area (Å²) >= 11 is 0. The van der Waals surface area contributed by atoms with Gasteiger partial charge in [-0.1, -0.05) is 19.9 Å². The van der Waals surface area contributed by atoms with E-state index in [1.54, 1.807) is 18.2 Å². The molecule has 2 aromatic carbocycles. The zero-order valence-electron chi connectivity index (χ0n) is 23.5. The van der Waals surface area contributed by atoms with Crippen molar-refractivity contribution in [3.63, 3.8) is 0 Å². The molecule has 1 atom stereocenters. The number of carbonyl (C=O) groups is 2. The van der Waals surface area contributed by atoms with Gasteiger partial charge in [-0.3, -0.25) is 14.4 Å². The van der Waals surface area contributed by atoms with E-state index < -0.39 is 59.8 Å². The van der Waals surface area contributed by atoms with Gasteiger partial charge in [-0.25, -0.2) is 17.6 Å². The van der Waals surface area contributed by atoms with Crippen molar-refractivity contribution in [2.45, 2.75) is 57.9 Å². The molecule has 1 aliphatic rings. The van der Waals surface area contributed by atoms with Crippen LogP contribution in [0.5, 0.6) is 5.75 Å². The Morgan fingerprint density at radius 2 is 1.83 bits per heavy atom. The van der Waals surface area contributed by atoms with E-state index in [2.05, 4.69) is 5.16 Å². The quantitative estimate of drug-likeness (QED) is 0.307. The van der Waals surface area contributed by atoms with E-state index in [4.69, 9.17) is 14.0 Å². The summed E-state index contributed by atoms with van der Waals surface area (Å²) in [5.41, 5.74) is -0.699. The summed E-state index contributed by atoms with van der Waals surface area (Å²) in [6, 6.07) is 7.35. The fourth-order valence-electron chi connectivity index (χ4n) is 5.28. The molecule has 4 rings (SSSR count). The third kappa shape index (κ3) is 7.10. The number of alkyl halides is 2. The summed E-state index contributed by atoms with van der Waals surface area (Å²) in [6.45, 7) is 4.19. The first-order valence-electron chi connectivity index (χ1n) is 13.5. The van der Waals surface area contributed by atoms with Crippen molar-refractivity contribution in [3.8, 4) is 5.75 Å². The smallest absolute Gasteiger partial charge is 0.280 e. The molecule has 12 heteroatoms. The Bertz CT molecular complexity index is 1480. The zero-order valence-corrected chi connectivity index (χ0v) is 23.5. The summed E-state index contributed by atoms with van der Waals surface area (Å²) in [6.07, 6.45) is -2.94. The first-order valence-corrected chi connectivity index (χ1v) is 13.5. The molecule has 1 amide bonds. The van der Waals surface area contributed by atoms with Gasteiger partial charge in [0.05, 0.1) is 19.6 Å². The summed E-state index contributed by atoms with van der Waals surface area (Å²) in [5.74, 6) is -2.11. The first-order chi connectivity index (χ1) is 19.9. The van der Waals surface area contributed by atoms with Crippen LogP contribution in [-0.2, 0) is 39.0 Å². The van der Waals surface area contributed by atoms with Crippen LogP contribution in [0.1, 0.15) is 54.8 Å². The number of nitrogens with one attached hydrogen (secondary N) is 1. The number of H-pyrrole nitrogens is 1. The highest BCUT2D eigenvalue weighted by molar-refractivity contribution is 5.92. The lowest BCUT2D eigenvalue weighted by Crippen LogP contribution is -2.44. The predicted octanol–water partition coefficient (Wildman–Crippen LogP) is 4.68. The third-order valence-corrected chi connectivity index (χ3v) is 7.04. The Balaban J connectivity index is 1.62. The van der Waals surface area contributed by atoms with Gasteiger partial charge < -0.3 is 18.9 Å². The minimum Gasteiger partial charge on any atom is -0.494 e. The lowest BCUT2D eigenvalue weighted by atomic mass is 9.83. The molecule has 0 unspecified atom stereocenters. The topological polar surface area (TPSA) is 102 Å². The van der Waals surface area contributed by atoms with Crippen LogP contribution < -0.4 is 10.3 Å². The van der Waals surface area contributed by atoms with Crippen molar-refractivity contribution in [1.29, 1.82) is 0 Å². The number of aromatic nitrogens is 1. The number of halogens is 4. The number of amides is 1. The van der Waals surface area contributed by atoms with Crippen LogP contribution in [0.25, 0.3) is 0 Å². The van der Waals surface area contributed by atoms with Crippen molar-refractivity contribution in [3.05, 3.63) is 86.4 Å². The molecule has 42 heavy (non-hydrogen) atoms. The maximum absolute atomic E-state index is 15.2. The van der Waals surface area contributed by atoms with Crippen LogP contribution in [0.4, 0.5) is 17.6 Å². The second kappa shape index (κ2) is 12.9. The SMILES string of the molecule is CCOc1ccc2c(c1)CCN(C(=O)Cc1cc(=O)[nH]o1)[C@H]2C(=O)Cc1cc(F)c(C(C)(C)COCC(F)F)c(F)c1. The summed E-state index contributed by atoms with van der Waals surface area (Å²) in [5, 5.41) is 2.12. The van der Waals surface area contributed by atoms with Gasteiger partial charge in [-0.2, -0.15) is 5.16 Å². The Morgan fingerprint density at radius 3 is 2.45 bits per heavy atom. The molecule has 0 saturated carbocycles. The van der Waals surface area contributed by atoms with Crippen LogP contribution in [0.2, 0.25) is 0 Å². The van der Waals surface area contributed by atoms with E-state index in [9.17, 15) is 23.2 Å². The van der Waals surface area contributed by atoms with Crippen molar-refractivity contribution in [2.75, 3.05) is 26.4 Å². The molecule has 8 nitrogen and oxygen atoms in total. The number of rotatable bonds is 12. The van der Waals surface area contributed by atoms with E-state index in [0.29, 0.717) is 24.3 Å². The van der Waals surface area contributed by atoms with E-state index in [0.717, 1.165) is 23.8 Å². The molecule has 1 aromatic heterocycles. The Kier molecular flexibility index (Phi) is 9.55. The van der Waals surface area contributed by atoms with Crippen molar-refractivity contribution in [1.82, 2.24) is 10.1 Å². The third-order valence-electron chi connectivity index (χ3n) is 7.04. The average molecular weight is 593 g/mol. The maximum atomic E-state index is 15.2. The molecule has 0 fully saturated rings. The number of aromatic amines is 1. The monoisotopic (exact) mass is 592 g/mol. The second-order valence-electron chi connectivity index (χ2n) is 10.8. The van der Waals surface area contributed by atoms with Crippen LogP contribution in [-0.4, -0.2) is 54.5 Å². The molecule has 3 aromatic rings. The molecule has 0 aliphatic carbocycles. The number of fused-ring (bicyclic) bond motifs is 1. The van der Waals surface area contributed by atoms with Gasteiger partial charge in [0.15, 0.2) is 5.78 Å². The van der Waals surface area contributed by atoms with E-state index in [1.165, 1.54) is 18.7 Å². The summed E-state index contributed by atoms with van der Waals surface area (Å²) < 4.78 is 70.9. The Morgan fingerprint density at radius 1 is 1.12 bits per heavy atom. The number of hydrogen-bond acceptors (Lipinski definition) is 6. The lowest BCUT2D eigenvalue weighted by Gasteiger charge is -2.36. The molecule has 2 heterocycles. The molecule has 0 radical (unpaired) electrons. The van der Waals surface area contributed by atoms with Gasteiger partial charge in [-0.05, 0) is 54.3 Å². The van der Waals surface area contributed by atoms with Crippen molar-refractivity contribution in [2.24, 2.45) is 0 Å². The van der Waals surface area contributed by atoms with Crippen molar-refractivity contribution >= 4 is 11.7 Å². The number of ether oxygens (including phenoxy) is 2. The van der Waals surface area contributed by atoms with Gasteiger partial charge in [0.25, 0.3) is 12.0 Å². The largest absolute Gasteiger partial charge is 0.494 e. The molecule has 0 bridgehead atoms. The molecule has 1 N–H and O–H groups in total. The highest BCUT2D eigenvalue weighted by Gasteiger charge is 2.37. The van der Waals surface area contributed by atoms with Crippen LogP contribution >= 0.6 is 0 Å². The van der Waals surface area contributed by atoms with Crippen molar-refractivity contribution < 1.29 is 41.1 Å². The van der Waals surface area contributed by atoms with Gasteiger partial charge in [0, 0.05) is 30.0 Å². The fraction of sp³-hybridized carbons (Fsp3) is 0.433. The first kappa shape index (κ1) is 31.0. The Labute approximate surface area is 239 Å². The van der Waals surface area contributed by atoms with Crippen LogP contribution in [0, 0.1) is 11.6 Å². The number of Topliss-reactive ketones (excluding diaryl/α,β-unsaturated/α-hetero) is 1. The van der Waals surface area contributed by atoms with Gasteiger partial charge in [-0.15, -0.1) is 0 Å². The average Bonchev–Trinajstić information content (AvgIpc) is 3.31. The summed E-state index contributed by atoms with van der Waals surface area (Å²) in [4.78, 5) is 39.9. The highest BCUT2D eigenvalue weighted by Crippen LogP contribution is 2.35. The van der Waals surface area contributed by atoms with E-state index >= 15 is 8.78 Å². The molecular weight excluding hydrogens is 560 g/mol. The molecule has 0 saturated heterocycles. The number of carbonyl (C=O) groups excluding carboxylic acids is 2. The number of ketones is 1. The molecule has 1 aliphatic heterocycles. The normalized spacial score (nSPS) is 15.1. The zero-order chi connectivity index (χ0) is 30.6. The fourth-order valence-corrected chi connectivity index (χ4v) is 5.28. The van der Waals surface area contributed by atoms with Crippen LogP contribution in [0.3, 0.4) is 0 Å². The van der Waals surface area contributed by atoms with Crippen LogP contribution in [0.15, 0.2) is 45.7 Å². The lowest BCUT2D eigenvalue weighted by molar-refractivity contribution is -0.140. The van der Waals surface area contributed by atoms with Gasteiger partial charge >= 0.3 is 0 Å². The molecular formula is C30H32F4N2O6. The minimum atomic E-state index is -2.72. The number of nitrogens with zero attached hydrogens (tertiary/aromatic N) is 1. The molecule has 226 valence electrons. The van der Waals surface area contributed by atoms with Gasteiger partial charge in [0.1, 0.15) is 35.8 Å². The molecule has 0 spiro atoms. The standard InChI is InChI=1S/C30H32F4N2O6/c1-4-41-19-5-6-21-18(12-19)7-8-36(27(39)14-20-13-26(38)35-42-20)29(21)24(37)11-17-9-22(31)28(23(32)10-17)30(2,3)16-40-15-25(33)34/h5-6,9-10,12-13,25,29H,4,7-8,11,14-16H2,1-3H3,(H,35,38)/t29-/m1/s1. The predicted molar refractivity (Wildman–Crippen MR) is 144 cm³/mol. The second-order valence-corrected chi connectivity index (χ2v) is 10.8. The Hall–Kier alpha value is -3.93. The number of hydrogen-bond donors (Lipinski definition) is 1. The highest BCUT2D eigenvalue weighted by atomic mass is 19.3. The van der Waals surface area contributed by atoms with E-state index in [1.807, 2.05) is 6.92 Å². The number of benzene rings is 2. The maximum Gasteiger partial charge on any atom is 0.280 e. The summed E-state index contributed by atoms with van der Waals surface area (Å²) in [7, 11) is 0. The van der Waals surface area contributed by atoms with E-state index in [-0.39, 0.29) is 36.5 Å².